The topological polar surface area (TPSA) is 41.1 Å². The third-order valence-corrected chi connectivity index (χ3v) is 3.42. The number of fused-ring (bicyclic) bond motifs is 1. The van der Waals surface area contributed by atoms with E-state index in [0.717, 1.165) is 24.2 Å². The molecule has 1 aliphatic heterocycles. The minimum absolute atomic E-state index is 0.249. The van der Waals surface area contributed by atoms with Gasteiger partial charge in [-0.3, -0.25) is 4.79 Å². The molecule has 0 fully saturated rings. The molecule has 1 amide bonds. The molecule has 0 unspecified atom stereocenters. The zero-order chi connectivity index (χ0) is 14.1. The van der Waals surface area contributed by atoms with Gasteiger partial charge < -0.3 is 10.6 Å². The van der Waals surface area contributed by atoms with Gasteiger partial charge >= 0.3 is 0 Å². The monoisotopic (exact) mass is 290 g/mol. The average molecular weight is 291 g/mol. The molecule has 20 heavy (non-hydrogen) atoms. The fourth-order valence-corrected chi connectivity index (χ4v) is 2.50. The number of halogens is 2. The third-order valence-electron chi connectivity index (χ3n) is 3.20. The first-order chi connectivity index (χ1) is 9.61. The molecule has 0 atom stereocenters. The standard InChI is InChI=1S/C15H12ClFN2O/c16-11-6-12(17)8-13(7-11)19-15(20)10-1-2-14-9(5-10)3-4-18-14/h1-2,5-8,18H,3-4H2,(H,19,20). The van der Waals surface area contributed by atoms with Crippen LogP contribution in [-0.4, -0.2) is 12.5 Å². The van der Waals surface area contributed by atoms with E-state index >= 15 is 0 Å². The van der Waals surface area contributed by atoms with Gasteiger partial charge in [0.15, 0.2) is 0 Å². The lowest BCUT2D eigenvalue weighted by molar-refractivity contribution is 0.102. The van der Waals surface area contributed by atoms with Gasteiger partial charge in [0.2, 0.25) is 0 Å². The molecule has 0 spiro atoms. The molecule has 0 saturated carbocycles. The van der Waals surface area contributed by atoms with Crippen LogP contribution < -0.4 is 10.6 Å². The van der Waals surface area contributed by atoms with Gasteiger partial charge in [0.05, 0.1) is 0 Å². The predicted octanol–water partition coefficient (Wildman–Crippen LogP) is 3.70. The number of carbonyl (C=O) groups excluding carboxylic acids is 1. The van der Waals surface area contributed by atoms with Crippen LogP contribution in [0.5, 0.6) is 0 Å². The highest BCUT2D eigenvalue weighted by Gasteiger charge is 2.14. The molecule has 1 aliphatic rings. The Balaban J connectivity index is 1.82. The van der Waals surface area contributed by atoms with Gasteiger partial charge in [0.1, 0.15) is 5.82 Å². The molecule has 0 aliphatic carbocycles. The number of nitrogens with one attached hydrogen (secondary N) is 2. The summed E-state index contributed by atoms with van der Waals surface area (Å²) in [7, 11) is 0. The molecule has 2 aromatic carbocycles. The summed E-state index contributed by atoms with van der Waals surface area (Å²) < 4.78 is 13.2. The van der Waals surface area contributed by atoms with Crippen LogP contribution in [0.2, 0.25) is 5.02 Å². The second-order valence-corrected chi connectivity index (χ2v) is 5.10. The molecule has 102 valence electrons. The Morgan fingerprint density at radius 2 is 2.10 bits per heavy atom. The van der Waals surface area contributed by atoms with Crippen molar-refractivity contribution in [1.29, 1.82) is 0 Å². The lowest BCUT2D eigenvalue weighted by Crippen LogP contribution is -2.12. The van der Waals surface area contributed by atoms with E-state index < -0.39 is 5.82 Å². The minimum Gasteiger partial charge on any atom is -0.384 e. The van der Waals surface area contributed by atoms with Crippen molar-refractivity contribution in [3.8, 4) is 0 Å². The molecule has 0 saturated heterocycles. The number of rotatable bonds is 2. The molecule has 1 heterocycles. The molecule has 5 heteroatoms. The SMILES string of the molecule is O=C(Nc1cc(F)cc(Cl)c1)c1ccc2c(c1)CCN2. The molecule has 0 aromatic heterocycles. The highest BCUT2D eigenvalue weighted by atomic mass is 35.5. The molecular weight excluding hydrogens is 279 g/mol. The molecule has 2 N–H and O–H groups in total. The number of anilines is 2. The maximum atomic E-state index is 13.2. The van der Waals surface area contributed by atoms with E-state index in [1.54, 1.807) is 6.07 Å². The Hall–Kier alpha value is -2.07. The quantitative estimate of drug-likeness (QED) is 0.885. The lowest BCUT2D eigenvalue weighted by Gasteiger charge is -2.07. The smallest absolute Gasteiger partial charge is 0.255 e. The molecule has 2 aromatic rings. The first-order valence-corrected chi connectivity index (χ1v) is 6.64. The van der Waals surface area contributed by atoms with Gasteiger partial charge in [0, 0.05) is 28.5 Å². The molecule has 3 rings (SSSR count). The van der Waals surface area contributed by atoms with E-state index in [1.165, 1.54) is 18.2 Å². The van der Waals surface area contributed by atoms with Crippen LogP contribution in [0.3, 0.4) is 0 Å². The average Bonchev–Trinajstić information content (AvgIpc) is 2.84. The van der Waals surface area contributed by atoms with Crippen molar-refractivity contribution in [3.63, 3.8) is 0 Å². The fourth-order valence-electron chi connectivity index (χ4n) is 2.28. The predicted molar refractivity (Wildman–Crippen MR) is 78.0 cm³/mol. The summed E-state index contributed by atoms with van der Waals surface area (Å²) in [4.78, 5) is 12.1. The van der Waals surface area contributed by atoms with E-state index in [2.05, 4.69) is 10.6 Å². The van der Waals surface area contributed by atoms with E-state index in [-0.39, 0.29) is 10.9 Å². The Labute approximate surface area is 120 Å². The van der Waals surface area contributed by atoms with E-state index in [0.29, 0.717) is 11.3 Å². The highest BCUT2D eigenvalue weighted by molar-refractivity contribution is 6.31. The van der Waals surface area contributed by atoms with Gasteiger partial charge in [-0.05, 0) is 48.4 Å². The third kappa shape index (κ3) is 2.60. The van der Waals surface area contributed by atoms with Gasteiger partial charge in [-0.1, -0.05) is 11.6 Å². The van der Waals surface area contributed by atoms with Crippen molar-refractivity contribution >= 4 is 28.9 Å². The number of amides is 1. The summed E-state index contributed by atoms with van der Waals surface area (Å²) in [6, 6.07) is 9.42. The summed E-state index contributed by atoms with van der Waals surface area (Å²) in [6.45, 7) is 0.889. The van der Waals surface area contributed by atoms with E-state index in [1.807, 2.05) is 12.1 Å². The van der Waals surface area contributed by atoms with Crippen LogP contribution in [0, 0.1) is 5.82 Å². The maximum absolute atomic E-state index is 13.2. The second kappa shape index (κ2) is 5.13. The molecule has 3 nitrogen and oxygen atoms in total. The van der Waals surface area contributed by atoms with E-state index in [9.17, 15) is 9.18 Å². The Morgan fingerprint density at radius 3 is 2.90 bits per heavy atom. The van der Waals surface area contributed by atoms with E-state index in [4.69, 9.17) is 11.6 Å². The normalized spacial score (nSPS) is 12.7. The second-order valence-electron chi connectivity index (χ2n) is 4.66. The van der Waals surface area contributed by atoms with Crippen molar-refractivity contribution in [3.05, 3.63) is 58.4 Å². The number of benzene rings is 2. The van der Waals surface area contributed by atoms with Gasteiger partial charge in [-0.15, -0.1) is 0 Å². The first kappa shape index (κ1) is 12.9. The summed E-state index contributed by atoms with van der Waals surface area (Å²) in [5.41, 5.74) is 3.08. The maximum Gasteiger partial charge on any atom is 0.255 e. The lowest BCUT2D eigenvalue weighted by atomic mass is 10.1. The Kier molecular flexibility index (Phi) is 3.32. The van der Waals surface area contributed by atoms with Crippen molar-refractivity contribution in [1.82, 2.24) is 0 Å². The summed E-state index contributed by atoms with van der Waals surface area (Å²) in [5, 5.41) is 6.13. The minimum atomic E-state index is -0.481. The Morgan fingerprint density at radius 1 is 1.25 bits per heavy atom. The van der Waals surface area contributed by atoms with Crippen LogP contribution in [0.1, 0.15) is 15.9 Å². The largest absolute Gasteiger partial charge is 0.384 e. The van der Waals surface area contributed by atoms with Gasteiger partial charge in [-0.25, -0.2) is 4.39 Å². The number of carbonyl (C=O) groups is 1. The number of hydrogen-bond donors (Lipinski definition) is 2. The van der Waals surface area contributed by atoms with Gasteiger partial charge in [0.25, 0.3) is 5.91 Å². The zero-order valence-corrected chi connectivity index (χ0v) is 11.3. The van der Waals surface area contributed by atoms with Crippen molar-refractivity contribution in [2.45, 2.75) is 6.42 Å². The molecular formula is C15H12ClFN2O. The van der Waals surface area contributed by atoms with Crippen LogP contribution in [0.25, 0.3) is 0 Å². The van der Waals surface area contributed by atoms with Crippen LogP contribution in [0.15, 0.2) is 36.4 Å². The summed E-state index contributed by atoms with van der Waals surface area (Å²) in [6.07, 6.45) is 0.905. The van der Waals surface area contributed by atoms with Gasteiger partial charge in [-0.2, -0.15) is 0 Å². The summed E-state index contributed by atoms with van der Waals surface area (Å²) in [5.74, 6) is -0.757. The zero-order valence-electron chi connectivity index (χ0n) is 10.5. The van der Waals surface area contributed by atoms with Crippen molar-refractivity contribution < 1.29 is 9.18 Å². The van der Waals surface area contributed by atoms with Crippen molar-refractivity contribution in [2.24, 2.45) is 0 Å². The molecule has 0 bridgehead atoms. The first-order valence-electron chi connectivity index (χ1n) is 6.26. The van der Waals surface area contributed by atoms with Crippen LogP contribution >= 0.6 is 11.6 Å². The van der Waals surface area contributed by atoms with Crippen LogP contribution in [-0.2, 0) is 6.42 Å². The number of hydrogen-bond acceptors (Lipinski definition) is 2. The fraction of sp³-hybridized carbons (Fsp3) is 0.133. The van der Waals surface area contributed by atoms with Crippen molar-refractivity contribution in [2.75, 3.05) is 17.2 Å². The summed E-state index contributed by atoms with van der Waals surface area (Å²) >= 11 is 5.76. The molecule has 0 radical (unpaired) electrons. The highest BCUT2D eigenvalue weighted by Crippen LogP contribution is 2.24. The van der Waals surface area contributed by atoms with Crippen LogP contribution in [0.4, 0.5) is 15.8 Å². The Bertz CT molecular complexity index is 667.